The minimum absolute atomic E-state index is 0.0822. The average molecular weight is 360 g/mol. The highest BCUT2D eigenvalue weighted by molar-refractivity contribution is 6.30. The van der Waals surface area contributed by atoms with Gasteiger partial charge in [0.15, 0.2) is 0 Å². The third-order valence-corrected chi connectivity index (χ3v) is 4.24. The van der Waals surface area contributed by atoms with Crippen molar-refractivity contribution >= 4 is 34.9 Å². The van der Waals surface area contributed by atoms with Gasteiger partial charge >= 0.3 is 0 Å². The van der Waals surface area contributed by atoms with Crippen molar-refractivity contribution in [3.05, 3.63) is 47.4 Å². The lowest BCUT2D eigenvalue weighted by Gasteiger charge is -2.34. The molecule has 1 aliphatic heterocycles. The second-order valence-corrected chi connectivity index (χ2v) is 6.15. The number of anilines is 2. The summed E-state index contributed by atoms with van der Waals surface area (Å²) in [7, 11) is 0. The first-order valence-corrected chi connectivity index (χ1v) is 8.30. The van der Waals surface area contributed by atoms with Gasteiger partial charge in [0.05, 0.1) is 12.4 Å². The molecule has 0 saturated carbocycles. The minimum atomic E-state index is -0.345. The lowest BCUT2D eigenvalue weighted by molar-refractivity contribution is -0.129. The first kappa shape index (κ1) is 17.2. The van der Waals surface area contributed by atoms with Crippen LogP contribution in [0.2, 0.25) is 5.02 Å². The summed E-state index contributed by atoms with van der Waals surface area (Å²) in [5.41, 5.74) is 0.829. The Kier molecular flexibility index (Phi) is 5.14. The molecule has 7 nitrogen and oxygen atoms in total. The van der Waals surface area contributed by atoms with Crippen molar-refractivity contribution in [2.45, 2.75) is 6.92 Å². The van der Waals surface area contributed by atoms with Gasteiger partial charge in [0.2, 0.25) is 5.91 Å². The maximum absolute atomic E-state index is 12.2. The second-order valence-electron chi connectivity index (χ2n) is 5.72. The van der Waals surface area contributed by atoms with Gasteiger partial charge in [0, 0.05) is 43.8 Å². The highest BCUT2D eigenvalue weighted by Crippen LogP contribution is 2.16. The summed E-state index contributed by atoms with van der Waals surface area (Å²) in [6.45, 7) is 4.29. The van der Waals surface area contributed by atoms with Crippen molar-refractivity contribution in [1.29, 1.82) is 0 Å². The van der Waals surface area contributed by atoms with Gasteiger partial charge in [0.25, 0.3) is 5.91 Å². The first-order valence-electron chi connectivity index (χ1n) is 7.92. The van der Waals surface area contributed by atoms with E-state index in [1.54, 1.807) is 42.3 Å². The molecule has 25 heavy (non-hydrogen) atoms. The Balaban J connectivity index is 1.62. The van der Waals surface area contributed by atoms with Crippen molar-refractivity contribution in [2.24, 2.45) is 0 Å². The minimum Gasteiger partial charge on any atom is -0.352 e. The number of aromatic nitrogens is 2. The normalized spacial score (nSPS) is 14.3. The Morgan fingerprint density at radius 3 is 2.48 bits per heavy atom. The molecule has 0 bridgehead atoms. The number of benzene rings is 1. The van der Waals surface area contributed by atoms with Crippen molar-refractivity contribution in [3.63, 3.8) is 0 Å². The largest absolute Gasteiger partial charge is 0.352 e. The maximum Gasteiger partial charge on any atom is 0.275 e. The maximum atomic E-state index is 12.2. The van der Waals surface area contributed by atoms with Gasteiger partial charge in [-0.3, -0.25) is 9.59 Å². The van der Waals surface area contributed by atoms with Crippen LogP contribution in [0.1, 0.15) is 17.4 Å². The van der Waals surface area contributed by atoms with Crippen LogP contribution in [0.4, 0.5) is 11.5 Å². The zero-order valence-corrected chi connectivity index (χ0v) is 14.5. The van der Waals surface area contributed by atoms with Gasteiger partial charge in [-0.05, 0) is 18.2 Å². The van der Waals surface area contributed by atoms with Gasteiger partial charge in [-0.1, -0.05) is 17.7 Å². The summed E-state index contributed by atoms with van der Waals surface area (Å²) < 4.78 is 0. The topological polar surface area (TPSA) is 78.4 Å². The number of halogens is 1. The van der Waals surface area contributed by atoms with E-state index in [2.05, 4.69) is 15.3 Å². The van der Waals surface area contributed by atoms with E-state index in [4.69, 9.17) is 11.6 Å². The molecule has 1 fully saturated rings. The van der Waals surface area contributed by atoms with Gasteiger partial charge in [-0.2, -0.15) is 0 Å². The van der Waals surface area contributed by atoms with Gasteiger partial charge < -0.3 is 15.1 Å². The van der Waals surface area contributed by atoms with E-state index in [1.807, 2.05) is 4.90 Å². The standard InChI is InChI=1S/C17H18ClN5O2/c1-12(24)22-5-7-23(8-6-22)16-11-19-15(10-20-16)17(25)21-14-4-2-3-13(18)9-14/h2-4,9-11H,5-8H2,1H3,(H,21,25). The number of piperazine rings is 1. The fourth-order valence-corrected chi connectivity index (χ4v) is 2.80. The van der Waals surface area contributed by atoms with Crippen LogP contribution in [0.15, 0.2) is 36.7 Å². The molecule has 2 aromatic rings. The number of rotatable bonds is 3. The van der Waals surface area contributed by atoms with Crippen LogP contribution in [0.3, 0.4) is 0 Å². The highest BCUT2D eigenvalue weighted by Gasteiger charge is 2.20. The van der Waals surface area contributed by atoms with E-state index >= 15 is 0 Å². The van der Waals surface area contributed by atoms with Crippen molar-refractivity contribution in [1.82, 2.24) is 14.9 Å². The number of hydrogen-bond donors (Lipinski definition) is 1. The number of carbonyl (C=O) groups is 2. The van der Waals surface area contributed by atoms with E-state index in [1.165, 1.54) is 6.20 Å². The number of nitrogens with zero attached hydrogens (tertiary/aromatic N) is 4. The van der Waals surface area contributed by atoms with Gasteiger partial charge in [-0.15, -0.1) is 0 Å². The first-order chi connectivity index (χ1) is 12.0. The van der Waals surface area contributed by atoms with E-state index in [-0.39, 0.29) is 17.5 Å². The molecule has 2 heterocycles. The Hall–Kier alpha value is -2.67. The Morgan fingerprint density at radius 2 is 1.88 bits per heavy atom. The zero-order valence-electron chi connectivity index (χ0n) is 13.8. The number of carbonyl (C=O) groups excluding carboxylic acids is 2. The van der Waals surface area contributed by atoms with Crippen molar-refractivity contribution in [2.75, 3.05) is 36.4 Å². The van der Waals surface area contributed by atoms with Crippen LogP contribution in [0.5, 0.6) is 0 Å². The predicted octanol–water partition coefficient (Wildman–Crippen LogP) is 2.05. The van der Waals surface area contributed by atoms with E-state index < -0.39 is 0 Å². The van der Waals surface area contributed by atoms with Crippen molar-refractivity contribution < 1.29 is 9.59 Å². The number of nitrogens with one attached hydrogen (secondary N) is 1. The van der Waals surface area contributed by atoms with E-state index in [0.717, 1.165) is 0 Å². The molecule has 1 saturated heterocycles. The molecule has 2 amide bonds. The lowest BCUT2D eigenvalue weighted by atomic mass is 10.3. The molecule has 0 aliphatic carbocycles. The van der Waals surface area contributed by atoms with Crippen LogP contribution in [0, 0.1) is 0 Å². The average Bonchev–Trinajstić information content (AvgIpc) is 2.62. The summed E-state index contributed by atoms with van der Waals surface area (Å²) in [6, 6.07) is 6.90. The molecular formula is C17H18ClN5O2. The smallest absolute Gasteiger partial charge is 0.275 e. The molecular weight excluding hydrogens is 342 g/mol. The van der Waals surface area contributed by atoms with Crippen LogP contribution >= 0.6 is 11.6 Å². The third kappa shape index (κ3) is 4.24. The molecule has 1 aliphatic rings. The quantitative estimate of drug-likeness (QED) is 0.907. The molecule has 1 aromatic carbocycles. The summed E-state index contributed by atoms with van der Waals surface area (Å²) in [5.74, 6) is 0.434. The molecule has 0 radical (unpaired) electrons. The van der Waals surface area contributed by atoms with Crippen LogP contribution in [-0.2, 0) is 4.79 Å². The third-order valence-electron chi connectivity index (χ3n) is 4.00. The summed E-state index contributed by atoms with van der Waals surface area (Å²) in [5, 5.41) is 3.28. The van der Waals surface area contributed by atoms with E-state index in [0.29, 0.717) is 42.7 Å². The zero-order chi connectivity index (χ0) is 17.8. The molecule has 8 heteroatoms. The summed E-state index contributed by atoms with van der Waals surface area (Å²) in [4.78, 5) is 35.9. The molecule has 130 valence electrons. The van der Waals surface area contributed by atoms with Crippen LogP contribution in [-0.4, -0.2) is 52.9 Å². The molecule has 1 aromatic heterocycles. The number of hydrogen-bond acceptors (Lipinski definition) is 5. The van der Waals surface area contributed by atoms with Gasteiger partial charge in [0.1, 0.15) is 11.5 Å². The monoisotopic (exact) mass is 359 g/mol. The fourth-order valence-electron chi connectivity index (χ4n) is 2.61. The Morgan fingerprint density at radius 1 is 1.12 bits per heavy atom. The number of amides is 2. The lowest BCUT2D eigenvalue weighted by Crippen LogP contribution is -2.48. The van der Waals surface area contributed by atoms with Crippen molar-refractivity contribution in [3.8, 4) is 0 Å². The Bertz CT molecular complexity index is 773. The van der Waals surface area contributed by atoms with Crippen LogP contribution < -0.4 is 10.2 Å². The Labute approximate surface area is 150 Å². The molecule has 0 atom stereocenters. The summed E-state index contributed by atoms with van der Waals surface area (Å²) >= 11 is 5.90. The molecule has 3 rings (SSSR count). The van der Waals surface area contributed by atoms with Crippen LogP contribution in [0.25, 0.3) is 0 Å². The second kappa shape index (κ2) is 7.48. The molecule has 0 spiro atoms. The van der Waals surface area contributed by atoms with Gasteiger partial charge in [-0.25, -0.2) is 9.97 Å². The predicted molar refractivity (Wildman–Crippen MR) is 95.9 cm³/mol. The SMILES string of the molecule is CC(=O)N1CCN(c2cnc(C(=O)Nc3cccc(Cl)c3)cn2)CC1. The highest BCUT2D eigenvalue weighted by atomic mass is 35.5. The molecule has 1 N–H and O–H groups in total. The molecule has 0 unspecified atom stereocenters. The fraction of sp³-hybridized carbons (Fsp3) is 0.294. The summed E-state index contributed by atoms with van der Waals surface area (Å²) in [6.07, 6.45) is 3.03. The van der Waals surface area contributed by atoms with E-state index in [9.17, 15) is 9.59 Å².